The number of H-pyrrole nitrogens is 1. The Hall–Kier alpha value is -1.23. The number of hydrogen-bond acceptors (Lipinski definition) is 3. The van der Waals surface area contributed by atoms with Gasteiger partial charge in [0.1, 0.15) is 5.56 Å². The van der Waals surface area contributed by atoms with Gasteiger partial charge in [-0.05, 0) is 30.2 Å². The molecular weight excluding hydrogens is 214 g/mol. The van der Waals surface area contributed by atoms with Gasteiger partial charge in [-0.15, -0.1) is 0 Å². The third-order valence-electron chi connectivity index (χ3n) is 2.46. The van der Waals surface area contributed by atoms with Crippen LogP contribution in [-0.4, -0.2) is 21.8 Å². The molecule has 0 saturated carbocycles. The maximum atomic E-state index is 11.2. The molecule has 1 unspecified atom stereocenters. The van der Waals surface area contributed by atoms with Crippen molar-refractivity contribution in [1.29, 1.82) is 0 Å². The Morgan fingerprint density at radius 3 is 3.00 bits per heavy atom. The zero-order chi connectivity index (χ0) is 10.8. The van der Waals surface area contributed by atoms with Crippen LogP contribution < -0.4 is 5.56 Å². The number of aromatic nitrogens is 1. The lowest BCUT2D eigenvalue weighted by Gasteiger charge is -2.08. The van der Waals surface area contributed by atoms with Crippen LogP contribution in [0.25, 0.3) is 0 Å². The molecule has 0 spiro atoms. The van der Waals surface area contributed by atoms with E-state index < -0.39 is 11.5 Å². The summed E-state index contributed by atoms with van der Waals surface area (Å²) in [4.78, 5) is 24.4. The Kier molecular flexibility index (Phi) is 2.81. The number of carboxylic acids is 1. The van der Waals surface area contributed by atoms with Crippen molar-refractivity contribution in [2.45, 2.75) is 18.1 Å². The number of aromatic carboxylic acids is 1. The highest BCUT2D eigenvalue weighted by Crippen LogP contribution is 2.39. The topological polar surface area (TPSA) is 70.2 Å². The second-order valence-corrected chi connectivity index (χ2v) is 4.79. The third kappa shape index (κ3) is 2.07. The van der Waals surface area contributed by atoms with Crippen molar-refractivity contribution in [2.24, 2.45) is 0 Å². The quantitative estimate of drug-likeness (QED) is 0.802. The molecule has 1 saturated heterocycles. The van der Waals surface area contributed by atoms with Crippen molar-refractivity contribution in [3.63, 3.8) is 0 Å². The van der Waals surface area contributed by atoms with E-state index in [9.17, 15) is 9.59 Å². The number of carboxylic acid groups (broad SMARTS) is 1. The molecule has 0 radical (unpaired) electrons. The molecule has 80 valence electrons. The van der Waals surface area contributed by atoms with E-state index in [1.165, 1.54) is 6.07 Å². The number of pyridine rings is 1. The van der Waals surface area contributed by atoms with Crippen molar-refractivity contribution < 1.29 is 9.90 Å². The molecule has 0 amide bonds. The molecule has 15 heavy (non-hydrogen) atoms. The Balaban J connectivity index is 2.37. The van der Waals surface area contributed by atoms with Gasteiger partial charge in [-0.3, -0.25) is 4.79 Å². The number of nitrogens with one attached hydrogen (secondary N) is 1. The van der Waals surface area contributed by atoms with Gasteiger partial charge in [0.2, 0.25) is 0 Å². The van der Waals surface area contributed by atoms with E-state index >= 15 is 0 Å². The number of thioether (sulfide) groups is 1. The van der Waals surface area contributed by atoms with Gasteiger partial charge < -0.3 is 10.1 Å². The first-order valence-electron chi connectivity index (χ1n) is 4.76. The van der Waals surface area contributed by atoms with Crippen LogP contribution in [0.2, 0.25) is 0 Å². The average molecular weight is 225 g/mol. The van der Waals surface area contributed by atoms with Gasteiger partial charge in [-0.25, -0.2) is 4.79 Å². The summed E-state index contributed by atoms with van der Waals surface area (Å²) in [7, 11) is 0. The summed E-state index contributed by atoms with van der Waals surface area (Å²) in [5.41, 5.74) is 0.212. The smallest absolute Gasteiger partial charge is 0.341 e. The number of aromatic amines is 1. The van der Waals surface area contributed by atoms with E-state index in [4.69, 9.17) is 5.11 Å². The summed E-state index contributed by atoms with van der Waals surface area (Å²) in [6, 6.07) is 1.49. The van der Waals surface area contributed by atoms with Crippen molar-refractivity contribution in [3.05, 3.63) is 33.7 Å². The van der Waals surface area contributed by atoms with E-state index in [0.29, 0.717) is 5.25 Å². The van der Waals surface area contributed by atoms with E-state index in [2.05, 4.69) is 4.98 Å². The minimum absolute atomic E-state index is 0.167. The molecule has 0 aliphatic carbocycles. The fourth-order valence-corrected chi connectivity index (χ4v) is 2.97. The highest BCUT2D eigenvalue weighted by Gasteiger charge is 2.20. The lowest BCUT2D eigenvalue weighted by atomic mass is 10.1. The Bertz CT molecular complexity index is 435. The van der Waals surface area contributed by atoms with Crippen molar-refractivity contribution in [2.75, 3.05) is 5.75 Å². The molecule has 2 N–H and O–H groups in total. The molecule has 0 aromatic carbocycles. The number of rotatable bonds is 2. The average Bonchev–Trinajstić information content (AvgIpc) is 2.71. The monoisotopic (exact) mass is 225 g/mol. The van der Waals surface area contributed by atoms with Crippen LogP contribution in [0.4, 0.5) is 0 Å². The summed E-state index contributed by atoms with van der Waals surface area (Å²) in [6.45, 7) is 0. The number of hydrogen-bond donors (Lipinski definition) is 2. The largest absolute Gasteiger partial charge is 0.477 e. The van der Waals surface area contributed by atoms with Crippen LogP contribution in [0.5, 0.6) is 0 Å². The van der Waals surface area contributed by atoms with Gasteiger partial charge in [-0.2, -0.15) is 11.8 Å². The van der Waals surface area contributed by atoms with Gasteiger partial charge in [-0.1, -0.05) is 0 Å². The van der Waals surface area contributed by atoms with Gasteiger partial charge >= 0.3 is 5.97 Å². The molecule has 1 fully saturated rings. The minimum atomic E-state index is -1.17. The summed E-state index contributed by atoms with van der Waals surface area (Å²) < 4.78 is 0. The molecule has 1 aromatic rings. The molecule has 1 atom stereocenters. The first kappa shape index (κ1) is 10.3. The van der Waals surface area contributed by atoms with Gasteiger partial charge in [0.05, 0.1) is 0 Å². The summed E-state index contributed by atoms with van der Waals surface area (Å²) in [6.07, 6.45) is 3.82. The predicted molar refractivity (Wildman–Crippen MR) is 58.5 cm³/mol. The summed E-state index contributed by atoms with van der Waals surface area (Å²) in [5, 5.41) is 9.14. The van der Waals surface area contributed by atoms with Crippen LogP contribution in [0.15, 0.2) is 17.1 Å². The zero-order valence-corrected chi connectivity index (χ0v) is 8.84. The van der Waals surface area contributed by atoms with E-state index in [0.717, 1.165) is 24.2 Å². The van der Waals surface area contributed by atoms with Crippen LogP contribution in [0.1, 0.15) is 34.0 Å². The van der Waals surface area contributed by atoms with Crippen molar-refractivity contribution in [1.82, 2.24) is 4.98 Å². The Morgan fingerprint density at radius 1 is 1.60 bits per heavy atom. The van der Waals surface area contributed by atoms with Crippen LogP contribution in [0.3, 0.4) is 0 Å². The molecule has 1 aromatic heterocycles. The molecule has 1 aliphatic rings. The Labute approximate surface area is 90.7 Å². The van der Waals surface area contributed by atoms with Crippen LogP contribution >= 0.6 is 11.8 Å². The maximum absolute atomic E-state index is 11.2. The Morgan fingerprint density at radius 2 is 2.40 bits per heavy atom. The van der Waals surface area contributed by atoms with Gasteiger partial charge in [0.15, 0.2) is 0 Å². The second kappa shape index (κ2) is 4.10. The second-order valence-electron chi connectivity index (χ2n) is 3.48. The van der Waals surface area contributed by atoms with E-state index in [1.807, 2.05) is 0 Å². The predicted octanol–water partition coefficient (Wildman–Crippen LogP) is 1.64. The van der Waals surface area contributed by atoms with E-state index in [-0.39, 0.29) is 5.56 Å². The molecule has 2 heterocycles. The van der Waals surface area contributed by atoms with Crippen LogP contribution in [0, 0.1) is 0 Å². The normalized spacial score (nSPS) is 20.4. The van der Waals surface area contributed by atoms with Gasteiger partial charge in [0.25, 0.3) is 5.56 Å². The SMILES string of the molecule is O=C(O)c1cc(C2CCCS2)c[nH]c1=O. The summed E-state index contributed by atoms with van der Waals surface area (Å²) in [5.74, 6) is -0.0623. The minimum Gasteiger partial charge on any atom is -0.477 e. The first-order chi connectivity index (χ1) is 7.18. The lowest BCUT2D eigenvalue weighted by molar-refractivity contribution is 0.0695. The molecule has 1 aliphatic heterocycles. The molecule has 4 nitrogen and oxygen atoms in total. The maximum Gasteiger partial charge on any atom is 0.341 e. The molecule has 2 rings (SSSR count). The fraction of sp³-hybridized carbons (Fsp3) is 0.400. The van der Waals surface area contributed by atoms with Crippen molar-refractivity contribution >= 4 is 17.7 Å². The number of carbonyl (C=O) groups is 1. The standard InChI is InChI=1S/C10H11NO3S/c12-9-7(10(13)14)4-6(5-11-9)8-2-1-3-15-8/h4-5,8H,1-3H2,(H,11,12)(H,13,14). The fourth-order valence-electron chi connectivity index (χ4n) is 1.69. The third-order valence-corrected chi connectivity index (χ3v) is 3.89. The highest BCUT2D eigenvalue weighted by molar-refractivity contribution is 7.99. The van der Waals surface area contributed by atoms with Gasteiger partial charge in [0, 0.05) is 11.4 Å². The first-order valence-corrected chi connectivity index (χ1v) is 5.81. The van der Waals surface area contributed by atoms with Crippen LogP contribution in [-0.2, 0) is 0 Å². The zero-order valence-electron chi connectivity index (χ0n) is 8.03. The molecule has 5 heteroatoms. The van der Waals surface area contributed by atoms with E-state index in [1.54, 1.807) is 18.0 Å². The summed E-state index contributed by atoms with van der Waals surface area (Å²) >= 11 is 1.81. The van der Waals surface area contributed by atoms with Crippen molar-refractivity contribution in [3.8, 4) is 0 Å². The highest BCUT2D eigenvalue weighted by atomic mass is 32.2. The molecular formula is C10H11NO3S. The lowest BCUT2D eigenvalue weighted by Crippen LogP contribution is -2.17. The molecule has 0 bridgehead atoms.